The van der Waals surface area contributed by atoms with E-state index in [2.05, 4.69) is 10.3 Å². The predicted octanol–water partition coefficient (Wildman–Crippen LogP) is 5.97. The van der Waals surface area contributed by atoms with Gasteiger partial charge in [-0.15, -0.1) is 0 Å². The van der Waals surface area contributed by atoms with E-state index in [9.17, 15) is 4.79 Å². The molecule has 0 atom stereocenters. The van der Waals surface area contributed by atoms with Crippen molar-refractivity contribution >= 4 is 46.4 Å². The van der Waals surface area contributed by atoms with E-state index in [0.29, 0.717) is 43.3 Å². The van der Waals surface area contributed by atoms with Crippen LogP contribution in [-0.4, -0.2) is 18.0 Å². The normalized spacial score (nSPS) is 10.5. The van der Waals surface area contributed by atoms with Gasteiger partial charge in [-0.25, -0.2) is 0 Å². The molecule has 26 heavy (non-hydrogen) atoms. The summed E-state index contributed by atoms with van der Waals surface area (Å²) in [5.74, 6) is 0.159. The summed E-state index contributed by atoms with van der Waals surface area (Å²) in [6.45, 7) is 0. The summed E-state index contributed by atoms with van der Waals surface area (Å²) in [6.07, 6.45) is 1.64. The van der Waals surface area contributed by atoms with Gasteiger partial charge in [-0.1, -0.05) is 34.8 Å². The van der Waals surface area contributed by atoms with Gasteiger partial charge in [0.05, 0.1) is 28.5 Å². The van der Waals surface area contributed by atoms with E-state index in [4.69, 9.17) is 39.5 Å². The minimum absolute atomic E-state index is 0.328. The fourth-order valence-corrected chi connectivity index (χ4v) is 3.08. The minimum atomic E-state index is -0.328. The number of carbonyl (C=O) groups is 1. The van der Waals surface area contributed by atoms with Gasteiger partial charge in [0.25, 0.3) is 5.91 Å². The van der Waals surface area contributed by atoms with Gasteiger partial charge in [0.1, 0.15) is 5.75 Å². The maximum Gasteiger partial charge on any atom is 0.255 e. The molecule has 0 unspecified atom stereocenters. The number of nitrogens with one attached hydrogen (secondary N) is 1. The van der Waals surface area contributed by atoms with Crippen molar-refractivity contribution in [2.45, 2.75) is 0 Å². The van der Waals surface area contributed by atoms with Crippen molar-refractivity contribution in [3.05, 3.63) is 75.4 Å². The highest BCUT2D eigenvalue weighted by atomic mass is 35.5. The van der Waals surface area contributed by atoms with Crippen LogP contribution in [0.2, 0.25) is 15.1 Å². The number of hydrogen-bond acceptors (Lipinski definition) is 3. The predicted molar refractivity (Wildman–Crippen MR) is 106 cm³/mol. The summed E-state index contributed by atoms with van der Waals surface area (Å²) in [6, 6.07) is 13.4. The molecule has 1 N–H and O–H groups in total. The van der Waals surface area contributed by atoms with Gasteiger partial charge in [-0.3, -0.25) is 9.78 Å². The molecule has 1 amide bonds. The number of anilines is 1. The Balaban J connectivity index is 1.92. The van der Waals surface area contributed by atoms with Gasteiger partial charge >= 0.3 is 0 Å². The number of hydrogen-bond donors (Lipinski definition) is 1. The zero-order valence-corrected chi connectivity index (χ0v) is 15.9. The van der Waals surface area contributed by atoms with Gasteiger partial charge in [-0.2, -0.15) is 0 Å². The Morgan fingerprint density at radius 2 is 1.85 bits per heavy atom. The van der Waals surface area contributed by atoms with Crippen LogP contribution in [0.1, 0.15) is 10.4 Å². The summed E-state index contributed by atoms with van der Waals surface area (Å²) in [7, 11) is 1.52. The monoisotopic (exact) mass is 406 g/mol. The highest BCUT2D eigenvalue weighted by Gasteiger charge is 2.15. The van der Waals surface area contributed by atoms with Gasteiger partial charge in [0, 0.05) is 22.3 Å². The van der Waals surface area contributed by atoms with Crippen LogP contribution in [0.3, 0.4) is 0 Å². The molecule has 1 heterocycles. The van der Waals surface area contributed by atoms with Crippen LogP contribution < -0.4 is 10.1 Å². The molecule has 7 heteroatoms. The van der Waals surface area contributed by atoms with E-state index >= 15 is 0 Å². The van der Waals surface area contributed by atoms with Crippen LogP contribution in [0.5, 0.6) is 5.75 Å². The second-order valence-corrected chi connectivity index (χ2v) is 6.58. The lowest BCUT2D eigenvalue weighted by molar-refractivity contribution is 0.102. The Kier molecular flexibility index (Phi) is 5.67. The number of aromatic nitrogens is 1. The molecule has 3 rings (SSSR count). The molecule has 0 saturated heterocycles. The van der Waals surface area contributed by atoms with E-state index in [1.165, 1.54) is 7.11 Å². The molecule has 0 aliphatic carbocycles. The molecular weight excluding hydrogens is 395 g/mol. The molecule has 1 aromatic heterocycles. The van der Waals surface area contributed by atoms with Crippen LogP contribution in [0.15, 0.2) is 54.7 Å². The van der Waals surface area contributed by atoms with Crippen molar-refractivity contribution in [1.29, 1.82) is 0 Å². The molecule has 0 radical (unpaired) electrons. The fraction of sp³-hybridized carbons (Fsp3) is 0.0526. The van der Waals surface area contributed by atoms with Crippen LogP contribution in [0.4, 0.5) is 5.69 Å². The number of ether oxygens (including phenoxy) is 1. The van der Waals surface area contributed by atoms with Crippen molar-refractivity contribution in [3.8, 4) is 17.0 Å². The highest BCUT2D eigenvalue weighted by molar-refractivity contribution is 6.37. The quantitative estimate of drug-likeness (QED) is 0.579. The number of rotatable bonds is 4. The number of halogens is 3. The first-order valence-corrected chi connectivity index (χ1v) is 8.68. The molecule has 132 valence electrons. The van der Waals surface area contributed by atoms with E-state index < -0.39 is 0 Å². The molecule has 0 saturated carbocycles. The van der Waals surface area contributed by atoms with E-state index in [0.717, 1.165) is 0 Å². The zero-order chi connectivity index (χ0) is 18.7. The zero-order valence-electron chi connectivity index (χ0n) is 13.6. The van der Waals surface area contributed by atoms with E-state index in [1.54, 1.807) is 54.7 Å². The first kappa shape index (κ1) is 18.5. The lowest BCUT2D eigenvalue weighted by Gasteiger charge is -2.12. The third-order valence-electron chi connectivity index (χ3n) is 3.66. The fourth-order valence-electron chi connectivity index (χ4n) is 2.40. The largest absolute Gasteiger partial charge is 0.496 e. The lowest BCUT2D eigenvalue weighted by atomic mass is 10.1. The van der Waals surface area contributed by atoms with Gasteiger partial charge in [0.2, 0.25) is 0 Å². The summed E-state index contributed by atoms with van der Waals surface area (Å²) in [5, 5.41) is 4.09. The van der Waals surface area contributed by atoms with Crippen molar-refractivity contribution in [2.24, 2.45) is 0 Å². The van der Waals surface area contributed by atoms with Gasteiger partial charge in [-0.05, 0) is 48.5 Å². The van der Waals surface area contributed by atoms with E-state index in [1.807, 2.05) is 0 Å². The maximum absolute atomic E-state index is 12.5. The molecule has 0 spiro atoms. The first-order valence-electron chi connectivity index (χ1n) is 7.55. The Labute approximate surface area is 165 Å². The molecule has 0 aliphatic heterocycles. The topological polar surface area (TPSA) is 51.2 Å². The Morgan fingerprint density at radius 1 is 1.04 bits per heavy atom. The SMILES string of the molecule is COc1cc(C(=O)Nc2ccc(Cl)cc2Cl)ccc1-c1ncccc1Cl. The van der Waals surface area contributed by atoms with Crippen LogP contribution in [0, 0.1) is 0 Å². The number of amides is 1. The average Bonchev–Trinajstić information content (AvgIpc) is 2.64. The standard InChI is InChI=1S/C19H13Cl3N2O2/c1-26-17-9-11(4-6-13(17)18-14(21)3-2-8-23-18)19(25)24-16-7-5-12(20)10-15(16)22/h2-10H,1H3,(H,24,25). The summed E-state index contributed by atoms with van der Waals surface area (Å²) in [4.78, 5) is 16.8. The maximum atomic E-state index is 12.5. The van der Waals surface area contributed by atoms with Crippen molar-refractivity contribution in [3.63, 3.8) is 0 Å². The lowest BCUT2D eigenvalue weighted by Crippen LogP contribution is -2.12. The van der Waals surface area contributed by atoms with Crippen LogP contribution >= 0.6 is 34.8 Å². The Bertz CT molecular complexity index is 977. The van der Waals surface area contributed by atoms with Gasteiger partial charge < -0.3 is 10.1 Å². The number of carbonyl (C=O) groups excluding carboxylic acids is 1. The third-order valence-corrected chi connectivity index (χ3v) is 4.51. The van der Waals surface area contributed by atoms with Crippen molar-refractivity contribution < 1.29 is 9.53 Å². The number of benzene rings is 2. The molecule has 0 bridgehead atoms. The van der Waals surface area contributed by atoms with Crippen LogP contribution in [0.25, 0.3) is 11.3 Å². The number of pyridine rings is 1. The average molecular weight is 408 g/mol. The molecule has 2 aromatic carbocycles. The summed E-state index contributed by atoms with van der Waals surface area (Å²) >= 11 is 18.2. The highest BCUT2D eigenvalue weighted by Crippen LogP contribution is 2.34. The molecule has 3 aromatic rings. The molecule has 0 aliphatic rings. The summed E-state index contributed by atoms with van der Waals surface area (Å²) < 4.78 is 5.41. The summed E-state index contributed by atoms with van der Waals surface area (Å²) in [5.41, 5.74) is 2.15. The first-order chi connectivity index (χ1) is 12.5. The Morgan fingerprint density at radius 3 is 2.54 bits per heavy atom. The number of nitrogens with zero attached hydrogens (tertiary/aromatic N) is 1. The van der Waals surface area contributed by atoms with Gasteiger partial charge in [0.15, 0.2) is 0 Å². The second kappa shape index (κ2) is 7.96. The molecule has 4 nitrogen and oxygen atoms in total. The smallest absolute Gasteiger partial charge is 0.255 e. The minimum Gasteiger partial charge on any atom is -0.496 e. The molecule has 0 fully saturated rings. The third kappa shape index (κ3) is 3.93. The van der Waals surface area contributed by atoms with Crippen LogP contribution in [-0.2, 0) is 0 Å². The number of methoxy groups -OCH3 is 1. The van der Waals surface area contributed by atoms with Crippen molar-refractivity contribution in [1.82, 2.24) is 4.98 Å². The molecular formula is C19H13Cl3N2O2. The Hall–Kier alpha value is -2.27. The van der Waals surface area contributed by atoms with Crippen molar-refractivity contribution in [2.75, 3.05) is 12.4 Å². The second-order valence-electron chi connectivity index (χ2n) is 5.33. The van der Waals surface area contributed by atoms with E-state index in [-0.39, 0.29) is 5.91 Å².